The maximum atomic E-state index is 6.24. The van der Waals surface area contributed by atoms with Crippen molar-refractivity contribution >= 4 is 46.6 Å². The van der Waals surface area contributed by atoms with Crippen LogP contribution in [0.3, 0.4) is 0 Å². The fourth-order valence-corrected chi connectivity index (χ4v) is 4.11. The molecule has 1 aromatic heterocycles. The highest BCUT2D eigenvalue weighted by Crippen LogP contribution is 2.30. The van der Waals surface area contributed by atoms with Crippen LogP contribution in [0.25, 0.3) is 0 Å². The lowest BCUT2D eigenvalue weighted by Crippen LogP contribution is -2.10. The number of nitrogens with zero attached hydrogens (tertiary/aromatic N) is 3. The third kappa shape index (κ3) is 4.77. The number of hydrogen-bond donors (Lipinski definition) is 0. The van der Waals surface area contributed by atoms with Crippen molar-refractivity contribution in [1.29, 1.82) is 0 Å². The van der Waals surface area contributed by atoms with E-state index in [4.69, 9.17) is 39.5 Å². The minimum absolute atomic E-state index is 0.253. The second-order valence-electron chi connectivity index (χ2n) is 6.57. The van der Waals surface area contributed by atoms with Crippen molar-refractivity contribution in [3.63, 3.8) is 0 Å². The van der Waals surface area contributed by atoms with E-state index in [0.29, 0.717) is 15.8 Å². The summed E-state index contributed by atoms with van der Waals surface area (Å²) in [5, 5.41) is 11.3. The maximum absolute atomic E-state index is 6.24. The maximum Gasteiger partial charge on any atom is 0.191 e. The molecule has 0 amide bonds. The Bertz CT molecular complexity index is 983. The first-order chi connectivity index (χ1) is 13.3. The van der Waals surface area contributed by atoms with Crippen molar-refractivity contribution in [2.45, 2.75) is 37.8 Å². The van der Waals surface area contributed by atoms with Gasteiger partial charge in [0.15, 0.2) is 17.1 Å². The molecule has 0 aliphatic heterocycles. The summed E-state index contributed by atoms with van der Waals surface area (Å²) in [7, 11) is 1.94. The average Bonchev–Trinajstić information content (AvgIpc) is 3.01. The second-order valence-corrected chi connectivity index (χ2v) is 8.70. The van der Waals surface area contributed by atoms with Gasteiger partial charge in [0.1, 0.15) is 5.75 Å². The van der Waals surface area contributed by atoms with Gasteiger partial charge >= 0.3 is 0 Å². The van der Waals surface area contributed by atoms with Gasteiger partial charge in [-0.05, 0) is 61.7 Å². The summed E-state index contributed by atoms with van der Waals surface area (Å²) in [6.07, 6.45) is -0.253. The summed E-state index contributed by atoms with van der Waals surface area (Å²) in [5.41, 5.74) is 3.04. The minimum Gasteiger partial charge on any atom is -0.483 e. The van der Waals surface area contributed by atoms with E-state index in [0.717, 1.165) is 38.4 Å². The molecule has 0 aliphatic carbocycles. The molecular formula is C20H20Cl3N3OS. The number of hydrogen-bond acceptors (Lipinski definition) is 4. The third-order valence-electron chi connectivity index (χ3n) is 4.31. The van der Waals surface area contributed by atoms with Gasteiger partial charge in [-0.1, -0.05) is 52.6 Å². The normalized spacial score (nSPS) is 12.2. The molecule has 0 bridgehead atoms. The molecule has 0 N–H and O–H groups in total. The van der Waals surface area contributed by atoms with Crippen LogP contribution in [0, 0.1) is 13.8 Å². The lowest BCUT2D eigenvalue weighted by Gasteiger charge is -2.16. The van der Waals surface area contributed by atoms with Crippen molar-refractivity contribution in [1.82, 2.24) is 14.8 Å². The van der Waals surface area contributed by atoms with Crippen LogP contribution in [-0.2, 0) is 12.8 Å². The van der Waals surface area contributed by atoms with Crippen LogP contribution in [0.2, 0.25) is 15.1 Å². The molecule has 0 saturated carbocycles. The van der Waals surface area contributed by atoms with Crippen LogP contribution in [0.15, 0.2) is 35.5 Å². The summed E-state index contributed by atoms with van der Waals surface area (Å²) >= 11 is 19.9. The van der Waals surface area contributed by atoms with Gasteiger partial charge in [-0.3, -0.25) is 0 Å². The van der Waals surface area contributed by atoms with Crippen molar-refractivity contribution in [2.24, 2.45) is 7.05 Å². The van der Waals surface area contributed by atoms with E-state index < -0.39 is 0 Å². The van der Waals surface area contributed by atoms with Gasteiger partial charge in [0.25, 0.3) is 0 Å². The molecule has 0 saturated heterocycles. The Morgan fingerprint density at radius 2 is 1.71 bits per heavy atom. The Kier molecular flexibility index (Phi) is 6.81. The number of halogens is 3. The van der Waals surface area contributed by atoms with Crippen LogP contribution in [0.1, 0.15) is 35.5 Å². The Morgan fingerprint density at radius 3 is 2.36 bits per heavy atom. The number of benzene rings is 2. The second kappa shape index (κ2) is 8.95. The molecule has 2 aromatic carbocycles. The highest BCUT2D eigenvalue weighted by atomic mass is 35.5. The molecule has 3 rings (SSSR count). The molecule has 1 heterocycles. The smallest absolute Gasteiger partial charge is 0.191 e. The van der Waals surface area contributed by atoms with E-state index in [1.165, 1.54) is 0 Å². The zero-order chi connectivity index (χ0) is 20.4. The lowest BCUT2D eigenvalue weighted by atomic mass is 10.1. The fraction of sp³-hybridized carbons (Fsp3) is 0.300. The van der Waals surface area contributed by atoms with Crippen molar-refractivity contribution in [3.05, 3.63) is 67.9 Å². The molecule has 3 aromatic rings. The van der Waals surface area contributed by atoms with E-state index in [9.17, 15) is 0 Å². The van der Waals surface area contributed by atoms with Gasteiger partial charge in [-0.15, -0.1) is 10.2 Å². The molecule has 1 atom stereocenters. The molecule has 28 heavy (non-hydrogen) atoms. The predicted molar refractivity (Wildman–Crippen MR) is 117 cm³/mol. The van der Waals surface area contributed by atoms with Crippen LogP contribution in [0.5, 0.6) is 5.75 Å². The Morgan fingerprint density at radius 1 is 1.04 bits per heavy atom. The monoisotopic (exact) mass is 455 g/mol. The summed E-state index contributed by atoms with van der Waals surface area (Å²) in [4.78, 5) is 0. The largest absolute Gasteiger partial charge is 0.483 e. The highest BCUT2D eigenvalue weighted by molar-refractivity contribution is 7.98. The Balaban J connectivity index is 1.70. The van der Waals surface area contributed by atoms with Crippen LogP contribution in [0.4, 0.5) is 0 Å². The van der Waals surface area contributed by atoms with Gasteiger partial charge in [0.05, 0.1) is 10.0 Å². The number of rotatable bonds is 6. The average molecular weight is 457 g/mol. The number of aryl methyl sites for hydroxylation is 2. The van der Waals surface area contributed by atoms with E-state index in [1.807, 2.05) is 56.7 Å². The van der Waals surface area contributed by atoms with Crippen molar-refractivity contribution in [3.8, 4) is 5.75 Å². The van der Waals surface area contributed by atoms with Crippen molar-refractivity contribution in [2.75, 3.05) is 0 Å². The number of thioether (sulfide) groups is 1. The van der Waals surface area contributed by atoms with Crippen molar-refractivity contribution < 1.29 is 4.74 Å². The summed E-state index contributed by atoms with van der Waals surface area (Å²) in [5.74, 6) is 2.23. The Labute approximate surface area is 184 Å². The molecule has 1 unspecified atom stereocenters. The van der Waals surface area contributed by atoms with E-state index in [2.05, 4.69) is 10.2 Å². The topological polar surface area (TPSA) is 39.9 Å². The fourth-order valence-electron chi connectivity index (χ4n) is 2.81. The predicted octanol–water partition coefficient (Wildman–Crippen LogP) is 6.82. The van der Waals surface area contributed by atoms with Gasteiger partial charge in [0.2, 0.25) is 0 Å². The molecule has 0 spiro atoms. The first-order valence-corrected chi connectivity index (χ1v) is 10.8. The molecule has 4 nitrogen and oxygen atoms in total. The van der Waals surface area contributed by atoms with Gasteiger partial charge in [-0.25, -0.2) is 0 Å². The lowest BCUT2D eigenvalue weighted by molar-refractivity contribution is 0.211. The van der Waals surface area contributed by atoms with Crippen LogP contribution >= 0.6 is 46.6 Å². The summed E-state index contributed by atoms with van der Waals surface area (Å²) in [6.45, 7) is 5.89. The standard InChI is InChI=1S/C20H20Cl3N3OS/c1-11-7-15(8-12(2)18(11)23)27-13(3)19-24-25-20(26(19)4)28-10-14-5-6-16(21)17(22)9-14/h5-9,13H,10H2,1-4H3. The minimum atomic E-state index is -0.253. The summed E-state index contributed by atoms with van der Waals surface area (Å²) in [6, 6.07) is 9.48. The van der Waals surface area contributed by atoms with Gasteiger partial charge in [-0.2, -0.15) is 0 Å². The first kappa shape index (κ1) is 21.3. The third-order valence-corrected chi connectivity index (χ3v) is 6.73. The highest BCUT2D eigenvalue weighted by Gasteiger charge is 2.18. The SMILES string of the molecule is Cc1cc(OC(C)c2nnc(SCc3ccc(Cl)c(Cl)c3)n2C)cc(C)c1Cl. The summed E-state index contributed by atoms with van der Waals surface area (Å²) < 4.78 is 8.03. The van der Waals surface area contributed by atoms with Gasteiger partial charge < -0.3 is 9.30 Å². The molecule has 8 heteroatoms. The molecule has 0 fully saturated rings. The van der Waals surface area contributed by atoms with E-state index in [-0.39, 0.29) is 6.10 Å². The molecular weight excluding hydrogens is 437 g/mol. The Hall–Kier alpha value is -1.40. The van der Waals surface area contributed by atoms with Crippen LogP contribution < -0.4 is 4.74 Å². The van der Waals surface area contributed by atoms with Gasteiger partial charge in [0, 0.05) is 17.8 Å². The quantitative estimate of drug-likeness (QED) is 0.381. The number of ether oxygens (including phenoxy) is 1. The molecule has 0 aliphatic rings. The van der Waals surface area contributed by atoms with E-state index in [1.54, 1.807) is 17.8 Å². The first-order valence-electron chi connectivity index (χ1n) is 8.65. The number of aromatic nitrogens is 3. The zero-order valence-corrected chi connectivity index (χ0v) is 19.0. The van der Waals surface area contributed by atoms with E-state index >= 15 is 0 Å². The van der Waals surface area contributed by atoms with Crippen LogP contribution in [-0.4, -0.2) is 14.8 Å². The molecule has 148 valence electrons. The molecule has 0 radical (unpaired) electrons. The zero-order valence-electron chi connectivity index (χ0n) is 16.0.